The first kappa shape index (κ1) is 21.1. The summed E-state index contributed by atoms with van der Waals surface area (Å²) < 4.78 is 0. The molecule has 3 amide bonds. The van der Waals surface area contributed by atoms with Crippen LogP contribution in [-0.2, 0) is 0 Å². The monoisotopic (exact) mass is 433 g/mol. The van der Waals surface area contributed by atoms with Crippen molar-refractivity contribution >= 4 is 29.0 Å². The van der Waals surface area contributed by atoms with E-state index in [0.717, 1.165) is 23.3 Å². The van der Waals surface area contributed by atoms with Gasteiger partial charge < -0.3 is 16.0 Å². The van der Waals surface area contributed by atoms with E-state index in [-0.39, 0.29) is 18.0 Å². The van der Waals surface area contributed by atoms with Crippen LogP contribution in [0.2, 0.25) is 0 Å². The second-order valence-electron chi connectivity index (χ2n) is 8.19. The second-order valence-corrected chi connectivity index (χ2v) is 9.17. The SMILES string of the molecule is CC(C)c1ccc(C(NC(=O)c2ccc(NC(=O)NC3CC3)cc2)c2cccs2)cc1. The summed E-state index contributed by atoms with van der Waals surface area (Å²) in [6.45, 7) is 4.34. The number of carbonyl (C=O) groups is 2. The highest BCUT2D eigenvalue weighted by Gasteiger charge is 2.23. The van der Waals surface area contributed by atoms with Crippen molar-refractivity contribution in [2.24, 2.45) is 0 Å². The van der Waals surface area contributed by atoms with E-state index >= 15 is 0 Å². The Morgan fingerprint density at radius 1 is 0.935 bits per heavy atom. The quantitative estimate of drug-likeness (QED) is 0.449. The maximum Gasteiger partial charge on any atom is 0.319 e. The highest BCUT2D eigenvalue weighted by atomic mass is 32.1. The topological polar surface area (TPSA) is 70.2 Å². The number of rotatable bonds is 7. The molecular formula is C25H27N3O2S. The smallest absolute Gasteiger partial charge is 0.319 e. The van der Waals surface area contributed by atoms with Crippen LogP contribution in [0.1, 0.15) is 65.0 Å². The number of benzene rings is 2. The van der Waals surface area contributed by atoms with E-state index in [1.165, 1.54) is 5.56 Å². The molecule has 0 radical (unpaired) electrons. The van der Waals surface area contributed by atoms with Crippen LogP contribution < -0.4 is 16.0 Å². The molecule has 2 aromatic carbocycles. The summed E-state index contributed by atoms with van der Waals surface area (Å²) in [5.74, 6) is 0.308. The number of thiophene rings is 1. The lowest BCUT2D eigenvalue weighted by Crippen LogP contribution is -2.30. The number of carbonyl (C=O) groups excluding carboxylic acids is 2. The normalized spacial score (nSPS) is 14.2. The fourth-order valence-corrected chi connectivity index (χ4v) is 4.15. The summed E-state index contributed by atoms with van der Waals surface area (Å²) >= 11 is 1.62. The fraction of sp³-hybridized carbons (Fsp3) is 0.280. The van der Waals surface area contributed by atoms with Crippen LogP contribution in [0.4, 0.5) is 10.5 Å². The van der Waals surface area contributed by atoms with E-state index in [1.807, 2.05) is 17.5 Å². The molecule has 5 nitrogen and oxygen atoms in total. The molecule has 1 fully saturated rings. The van der Waals surface area contributed by atoms with E-state index in [9.17, 15) is 9.59 Å². The maximum absolute atomic E-state index is 13.0. The molecular weight excluding hydrogens is 406 g/mol. The van der Waals surface area contributed by atoms with Crippen LogP contribution in [-0.4, -0.2) is 18.0 Å². The number of hydrogen-bond donors (Lipinski definition) is 3. The molecule has 3 aromatic rings. The van der Waals surface area contributed by atoms with Gasteiger partial charge in [-0.2, -0.15) is 0 Å². The van der Waals surface area contributed by atoms with Gasteiger partial charge in [0.25, 0.3) is 5.91 Å². The van der Waals surface area contributed by atoms with Gasteiger partial charge in [-0.05, 0) is 65.6 Å². The summed E-state index contributed by atoms with van der Waals surface area (Å²) in [5.41, 5.74) is 3.53. The Labute approximate surface area is 186 Å². The first-order chi connectivity index (χ1) is 15.0. The molecule has 160 valence electrons. The van der Waals surface area contributed by atoms with Crippen LogP contribution in [0, 0.1) is 0 Å². The summed E-state index contributed by atoms with van der Waals surface area (Å²) in [6, 6.07) is 19.3. The lowest BCUT2D eigenvalue weighted by atomic mass is 9.98. The van der Waals surface area contributed by atoms with Gasteiger partial charge in [0, 0.05) is 22.2 Å². The third kappa shape index (κ3) is 5.52. The Morgan fingerprint density at radius 3 is 2.19 bits per heavy atom. The van der Waals surface area contributed by atoms with Crippen LogP contribution in [0.3, 0.4) is 0 Å². The molecule has 1 aliphatic carbocycles. The molecule has 1 aromatic heterocycles. The molecule has 1 saturated carbocycles. The summed E-state index contributed by atoms with van der Waals surface area (Å²) in [4.78, 5) is 25.9. The van der Waals surface area contributed by atoms with Gasteiger partial charge in [-0.25, -0.2) is 4.79 Å². The zero-order chi connectivity index (χ0) is 21.8. The summed E-state index contributed by atoms with van der Waals surface area (Å²) in [5, 5.41) is 10.9. The van der Waals surface area contributed by atoms with Crippen LogP contribution in [0.5, 0.6) is 0 Å². The first-order valence-electron chi connectivity index (χ1n) is 10.6. The molecule has 1 heterocycles. The molecule has 0 saturated heterocycles. The molecule has 1 unspecified atom stereocenters. The van der Waals surface area contributed by atoms with Crippen molar-refractivity contribution in [3.05, 3.63) is 87.6 Å². The Kier molecular flexibility index (Phi) is 6.37. The van der Waals surface area contributed by atoms with Gasteiger partial charge in [-0.15, -0.1) is 11.3 Å². The number of amides is 3. The first-order valence-corrected chi connectivity index (χ1v) is 11.5. The van der Waals surface area contributed by atoms with E-state index in [1.54, 1.807) is 35.6 Å². The van der Waals surface area contributed by atoms with Crippen molar-refractivity contribution in [2.45, 2.75) is 44.7 Å². The van der Waals surface area contributed by atoms with Crippen LogP contribution in [0.25, 0.3) is 0 Å². The van der Waals surface area contributed by atoms with Gasteiger partial charge in [-0.1, -0.05) is 44.2 Å². The Bertz CT molecular complexity index is 1020. The van der Waals surface area contributed by atoms with E-state index in [4.69, 9.17) is 0 Å². The molecule has 31 heavy (non-hydrogen) atoms. The van der Waals surface area contributed by atoms with Crippen molar-refractivity contribution in [1.82, 2.24) is 10.6 Å². The van der Waals surface area contributed by atoms with Gasteiger partial charge in [-0.3, -0.25) is 4.79 Å². The lowest BCUT2D eigenvalue weighted by Gasteiger charge is -2.19. The van der Waals surface area contributed by atoms with E-state index in [0.29, 0.717) is 23.2 Å². The van der Waals surface area contributed by atoms with Crippen molar-refractivity contribution in [3.8, 4) is 0 Å². The molecule has 0 aliphatic heterocycles. The third-order valence-electron chi connectivity index (χ3n) is 5.36. The summed E-state index contributed by atoms with van der Waals surface area (Å²) in [7, 11) is 0. The molecule has 4 rings (SSSR count). The number of anilines is 1. The predicted molar refractivity (Wildman–Crippen MR) is 126 cm³/mol. The fourth-order valence-electron chi connectivity index (χ4n) is 3.35. The predicted octanol–water partition coefficient (Wildman–Crippen LogP) is 5.67. The highest BCUT2D eigenvalue weighted by Crippen LogP contribution is 2.28. The average molecular weight is 434 g/mol. The number of hydrogen-bond acceptors (Lipinski definition) is 3. The van der Waals surface area contributed by atoms with E-state index in [2.05, 4.69) is 54.1 Å². The number of nitrogens with one attached hydrogen (secondary N) is 3. The van der Waals surface area contributed by atoms with Crippen LogP contribution in [0.15, 0.2) is 66.0 Å². The second kappa shape index (κ2) is 9.35. The third-order valence-corrected chi connectivity index (χ3v) is 6.29. The summed E-state index contributed by atoms with van der Waals surface area (Å²) in [6.07, 6.45) is 2.08. The minimum atomic E-state index is -0.212. The van der Waals surface area contributed by atoms with Gasteiger partial charge in [0.15, 0.2) is 0 Å². The van der Waals surface area contributed by atoms with Gasteiger partial charge >= 0.3 is 6.03 Å². The molecule has 1 atom stereocenters. The number of urea groups is 1. The van der Waals surface area contributed by atoms with Crippen LogP contribution >= 0.6 is 11.3 Å². The largest absolute Gasteiger partial charge is 0.340 e. The molecule has 1 aliphatic rings. The van der Waals surface area contributed by atoms with Crippen molar-refractivity contribution in [1.29, 1.82) is 0 Å². The Morgan fingerprint density at radius 2 is 1.61 bits per heavy atom. The molecule has 0 bridgehead atoms. The molecule has 0 spiro atoms. The average Bonchev–Trinajstić information content (AvgIpc) is 3.41. The van der Waals surface area contributed by atoms with Crippen molar-refractivity contribution in [3.63, 3.8) is 0 Å². The minimum absolute atomic E-state index is 0.152. The standard InChI is InChI=1S/C25H27N3O2S/c1-16(2)17-5-7-18(8-6-17)23(22-4-3-15-31-22)28-24(29)19-9-11-20(12-10-19)26-25(30)27-21-13-14-21/h3-12,15-16,21,23H,13-14H2,1-2H3,(H,28,29)(H2,26,27,30). The molecule has 6 heteroatoms. The Balaban J connectivity index is 1.46. The zero-order valence-corrected chi connectivity index (χ0v) is 18.5. The van der Waals surface area contributed by atoms with Crippen molar-refractivity contribution in [2.75, 3.05) is 5.32 Å². The lowest BCUT2D eigenvalue weighted by molar-refractivity contribution is 0.0943. The maximum atomic E-state index is 13.0. The van der Waals surface area contributed by atoms with Crippen molar-refractivity contribution < 1.29 is 9.59 Å². The highest BCUT2D eigenvalue weighted by molar-refractivity contribution is 7.10. The van der Waals surface area contributed by atoms with E-state index < -0.39 is 0 Å². The van der Waals surface area contributed by atoms with Gasteiger partial charge in [0.2, 0.25) is 0 Å². The van der Waals surface area contributed by atoms with Gasteiger partial charge in [0.05, 0.1) is 6.04 Å². The van der Waals surface area contributed by atoms with Gasteiger partial charge in [0.1, 0.15) is 0 Å². The Hall–Kier alpha value is -3.12. The molecule has 3 N–H and O–H groups in total. The zero-order valence-electron chi connectivity index (χ0n) is 17.7. The minimum Gasteiger partial charge on any atom is -0.340 e.